The number of alkyl carbamates (subject to hydrolysis) is 1. The second-order valence-electron chi connectivity index (χ2n) is 4.90. The number of hydrogen-bond donors (Lipinski definition) is 3. The third-order valence-electron chi connectivity index (χ3n) is 2.19. The zero-order chi connectivity index (χ0) is 12.3. The molecule has 3 atom stereocenters. The molecule has 1 aliphatic rings. The van der Waals surface area contributed by atoms with Crippen LogP contribution in [0.5, 0.6) is 0 Å². The summed E-state index contributed by atoms with van der Waals surface area (Å²) in [6.45, 7) is 5.29. The minimum atomic E-state index is -0.988. The quantitative estimate of drug-likeness (QED) is 0.574. The van der Waals surface area contributed by atoms with E-state index in [0.717, 1.165) is 0 Å². The molecule has 0 fully saturated rings. The van der Waals surface area contributed by atoms with E-state index in [2.05, 4.69) is 5.32 Å². The second-order valence-corrected chi connectivity index (χ2v) is 4.90. The zero-order valence-corrected chi connectivity index (χ0v) is 9.80. The number of aliphatic hydroxyl groups excluding tert-OH is 2. The molecule has 0 saturated heterocycles. The molecule has 16 heavy (non-hydrogen) atoms. The first-order valence-electron chi connectivity index (χ1n) is 5.32. The van der Waals surface area contributed by atoms with E-state index in [0.29, 0.717) is 6.42 Å². The van der Waals surface area contributed by atoms with E-state index in [9.17, 15) is 15.0 Å². The molecule has 0 bridgehead atoms. The summed E-state index contributed by atoms with van der Waals surface area (Å²) in [5.41, 5.74) is -0.571. The van der Waals surface area contributed by atoms with Gasteiger partial charge >= 0.3 is 6.09 Å². The van der Waals surface area contributed by atoms with Crippen molar-refractivity contribution in [1.29, 1.82) is 0 Å². The highest BCUT2D eigenvalue weighted by Crippen LogP contribution is 2.14. The zero-order valence-electron chi connectivity index (χ0n) is 9.80. The molecule has 0 aromatic carbocycles. The highest BCUT2D eigenvalue weighted by molar-refractivity contribution is 5.68. The van der Waals surface area contributed by atoms with E-state index in [1.807, 2.05) is 0 Å². The Balaban J connectivity index is 2.48. The first kappa shape index (κ1) is 13.0. The number of aliphatic hydroxyl groups is 2. The minimum Gasteiger partial charge on any atom is -0.444 e. The summed E-state index contributed by atoms with van der Waals surface area (Å²) >= 11 is 0. The Hall–Kier alpha value is -1.07. The van der Waals surface area contributed by atoms with Crippen LogP contribution in [-0.2, 0) is 4.74 Å². The van der Waals surface area contributed by atoms with E-state index < -0.39 is 29.9 Å². The minimum absolute atomic E-state index is 0.484. The fraction of sp³-hybridized carbons (Fsp3) is 0.727. The molecule has 1 aliphatic carbocycles. The lowest BCUT2D eigenvalue weighted by Gasteiger charge is -2.29. The fourth-order valence-corrected chi connectivity index (χ4v) is 1.46. The summed E-state index contributed by atoms with van der Waals surface area (Å²) in [5, 5.41) is 21.5. The molecule has 0 aromatic rings. The fourth-order valence-electron chi connectivity index (χ4n) is 1.46. The van der Waals surface area contributed by atoms with Crippen molar-refractivity contribution in [3.63, 3.8) is 0 Å². The highest BCUT2D eigenvalue weighted by Gasteiger charge is 2.29. The maximum atomic E-state index is 11.4. The van der Waals surface area contributed by atoms with Crippen LogP contribution >= 0.6 is 0 Å². The van der Waals surface area contributed by atoms with Crippen LogP contribution in [0.1, 0.15) is 27.2 Å². The Morgan fingerprint density at radius 1 is 1.44 bits per heavy atom. The number of hydrogen-bond acceptors (Lipinski definition) is 4. The Kier molecular flexibility index (Phi) is 3.93. The van der Waals surface area contributed by atoms with Gasteiger partial charge in [-0.1, -0.05) is 12.2 Å². The van der Waals surface area contributed by atoms with Gasteiger partial charge in [-0.15, -0.1) is 0 Å². The van der Waals surface area contributed by atoms with Crippen LogP contribution < -0.4 is 5.32 Å². The van der Waals surface area contributed by atoms with Crippen LogP contribution in [0.3, 0.4) is 0 Å². The average molecular weight is 229 g/mol. The molecule has 0 heterocycles. The summed E-state index contributed by atoms with van der Waals surface area (Å²) in [6, 6.07) is -0.505. The molecule has 0 spiro atoms. The molecule has 0 saturated carbocycles. The predicted octanol–water partition coefficient (Wildman–Crippen LogP) is 0.561. The van der Waals surface area contributed by atoms with Gasteiger partial charge in [0.15, 0.2) is 0 Å². The van der Waals surface area contributed by atoms with Crippen molar-refractivity contribution in [3.05, 3.63) is 12.2 Å². The lowest BCUT2D eigenvalue weighted by molar-refractivity contribution is 0.00736. The lowest BCUT2D eigenvalue weighted by atomic mass is 9.96. The molecule has 5 heteroatoms. The van der Waals surface area contributed by atoms with Crippen molar-refractivity contribution in [2.24, 2.45) is 0 Å². The van der Waals surface area contributed by atoms with Gasteiger partial charge in [-0.2, -0.15) is 0 Å². The van der Waals surface area contributed by atoms with Crippen molar-refractivity contribution in [2.75, 3.05) is 0 Å². The largest absolute Gasteiger partial charge is 0.444 e. The van der Waals surface area contributed by atoms with Gasteiger partial charge in [0.05, 0.1) is 12.1 Å². The van der Waals surface area contributed by atoms with Crippen molar-refractivity contribution in [3.8, 4) is 0 Å². The van der Waals surface area contributed by atoms with Gasteiger partial charge in [-0.25, -0.2) is 4.79 Å². The van der Waals surface area contributed by atoms with Crippen LogP contribution in [0.25, 0.3) is 0 Å². The highest BCUT2D eigenvalue weighted by atomic mass is 16.6. The number of rotatable bonds is 1. The summed E-state index contributed by atoms with van der Waals surface area (Å²) < 4.78 is 5.06. The van der Waals surface area contributed by atoms with Crippen molar-refractivity contribution in [2.45, 2.75) is 51.0 Å². The van der Waals surface area contributed by atoms with E-state index in [1.165, 1.54) is 6.08 Å². The summed E-state index contributed by atoms with van der Waals surface area (Å²) in [7, 11) is 0. The Bertz CT molecular complexity index is 282. The first-order chi connectivity index (χ1) is 7.29. The maximum absolute atomic E-state index is 11.4. The van der Waals surface area contributed by atoms with Crippen molar-refractivity contribution in [1.82, 2.24) is 5.32 Å². The van der Waals surface area contributed by atoms with Gasteiger partial charge < -0.3 is 20.3 Å². The average Bonchev–Trinajstić information content (AvgIpc) is 2.09. The Morgan fingerprint density at radius 2 is 2.06 bits per heavy atom. The SMILES string of the molecule is CC(C)(C)OC(=O)N[C@@H]1CC=C[C@@H](O)[C@H]1O. The maximum Gasteiger partial charge on any atom is 0.407 e. The monoisotopic (exact) mass is 229 g/mol. The van der Waals surface area contributed by atoms with E-state index in [-0.39, 0.29) is 0 Å². The topological polar surface area (TPSA) is 78.8 Å². The summed E-state index contributed by atoms with van der Waals surface area (Å²) in [6.07, 6.45) is 1.21. The number of nitrogens with one attached hydrogen (secondary N) is 1. The lowest BCUT2D eigenvalue weighted by Crippen LogP contribution is -2.50. The van der Waals surface area contributed by atoms with Crippen LogP contribution in [0, 0.1) is 0 Å². The smallest absolute Gasteiger partial charge is 0.407 e. The second kappa shape index (κ2) is 4.84. The van der Waals surface area contributed by atoms with Crippen LogP contribution in [-0.4, -0.2) is 40.2 Å². The molecule has 0 unspecified atom stereocenters. The van der Waals surface area contributed by atoms with E-state index in [1.54, 1.807) is 26.8 Å². The number of carbonyl (C=O) groups is 1. The van der Waals surface area contributed by atoms with Crippen molar-refractivity contribution >= 4 is 6.09 Å². The summed E-state index contributed by atoms with van der Waals surface area (Å²) in [4.78, 5) is 11.4. The predicted molar refractivity (Wildman–Crippen MR) is 58.9 cm³/mol. The molecule has 92 valence electrons. The Morgan fingerprint density at radius 3 is 2.62 bits per heavy atom. The van der Waals surface area contributed by atoms with Crippen LogP contribution in [0.2, 0.25) is 0 Å². The van der Waals surface area contributed by atoms with Crippen LogP contribution in [0.4, 0.5) is 4.79 Å². The molecular formula is C11H19NO4. The molecule has 0 aliphatic heterocycles. The van der Waals surface area contributed by atoms with Gasteiger partial charge in [-0.05, 0) is 27.2 Å². The normalized spacial score (nSPS) is 29.9. The molecule has 5 nitrogen and oxygen atoms in total. The van der Waals surface area contributed by atoms with Gasteiger partial charge in [-0.3, -0.25) is 0 Å². The van der Waals surface area contributed by atoms with Gasteiger partial charge in [0.2, 0.25) is 0 Å². The number of carbonyl (C=O) groups excluding carboxylic acids is 1. The molecule has 1 rings (SSSR count). The summed E-state index contributed by atoms with van der Waals surface area (Å²) in [5.74, 6) is 0. The standard InChI is InChI=1S/C11H19NO4/c1-11(2,3)16-10(15)12-7-5-4-6-8(13)9(7)14/h4,6-9,13-14H,5H2,1-3H3,(H,12,15)/t7-,8-,9+/m1/s1. The van der Waals surface area contributed by atoms with Crippen molar-refractivity contribution < 1.29 is 19.7 Å². The number of ether oxygens (including phenoxy) is 1. The molecule has 0 aromatic heterocycles. The van der Waals surface area contributed by atoms with Gasteiger partial charge in [0.25, 0.3) is 0 Å². The molecule has 3 N–H and O–H groups in total. The van der Waals surface area contributed by atoms with Gasteiger partial charge in [0.1, 0.15) is 11.7 Å². The van der Waals surface area contributed by atoms with E-state index >= 15 is 0 Å². The molecular weight excluding hydrogens is 210 g/mol. The molecule has 1 amide bonds. The first-order valence-corrected chi connectivity index (χ1v) is 5.32. The van der Waals surface area contributed by atoms with E-state index in [4.69, 9.17) is 4.74 Å². The number of amides is 1. The van der Waals surface area contributed by atoms with Crippen LogP contribution in [0.15, 0.2) is 12.2 Å². The molecule has 0 radical (unpaired) electrons. The Labute approximate surface area is 95.1 Å². The third-order valence-corrected chi connectivity index (χ3v) is 2.19. The third kappa shape index (κ3) is 3.83. The van der Waals surface area contributed by atoms with Gasteiger partial charge in [0, 0.05) is 0 Å².